The molecule has 1 amide bonds. The van der Waals surface area contributed by atoms with Gasteiger partial charge < -0.3 is 9.64 Å². The average molecular weight is 288 g/mol. The van der Waals surface area contributed by atoms with Crippen molar-refractivity contribution in [2.24, 2.45) is 0 Å². The lowest BCUT2D eigenvalue weighted by Gasteiger charge is -2.31. The fraction of sp³-hybridized carbons (Fsp3) is 0.727. The van der Waals surface area contributed by atoms with Crippen LogP contribution in [0.4, 0.5) is 0 Å². The van der Waals surface area contributed by atoms with E-state index in [0.717, 1.165) is 0 Å². The summed E-state index contributed by atoms with van der Waals surface area (Å²) < 4.78 is 27.5. The molecule has 0 aromatic carbocycles. The summed E-state index contributed by atoms with van der Waals surface area (Å²) >= 11 is 0. The Kier molecular flexibility index (Phi) is 4.89. The Labute approximate surface area is 112 Å². The lowest BCUT2D eigenvalue weighted by molar-refractivity contribution is -0.153. The number of carbonyl (C=O) groups excluding carboxylic acids is 2. The second-order valence-electron chi connectivity index (χ2n) is 4.39. The first-order valence-electron chi connectivity index (χ1n) is 5.78. The van der Waals surface area contributed by atoms with Crippen molar-refractivity contribution in [3.05, 3.63) is 0 Å². The predicted molar refractivity (Wildman–Crippen MR) is 65.6 cm³/mol. The van der Waals surface area contributed by atoms with Gasteiger partial charge in [0.05, 0.1) is 24.7 Å². The van der Waals surface area contributed by atoms with Gasteiger partial charge in [-0.3, -0.25) is 4.79 Å². The topological polar surface area (TPSA) is 105 Å². The van der Waals surface area contributed by atoms with Crippen molar-refractivity contribution in [3.63, 3.8) is 0 Å². The maximum Gasteiger partial charge on any atom is 0.328 e. The lowest BCUT2D eigenvalue weighted by Crippen LogP contribution is -2.50. The summed E-state index contributed by atoms with van der Waals surface area (Å²) in [5, 5.41) is 8.58. The number of hydrogen-bond acceptors (Lipinski definition) is 6. The van der Waals surface area contributed by atoms with Crippen LogP contribution in [0.15, 0.2) is 0 Å². The zero-order valence-corrected chi connectivity index (χ0v) is 11.6. The highest BCUT2D eigenvalue weighted by atomic mass is 32.2. The van der Waals surface area contributed by atoms with Gasteiger partial charge >= 0.3 is 5.97 Å². The molecule has 1 aliphatic rings. The summed E-state index contributed by atoms with van der Waals surface area (Å²) in [6, 6.07) is 0.243. The average Bonchev–Trinajstić information content (AvgIpc) is 2.69. The summed E-state index contributed by atoms with van der Waals surface area (Å²) in [5.41, 5.74) is 0. The number of hydrogen-bond donors (Lipinski definition) is 0. The molecule has 19 heavy (non-hydrogen) atoms. The number of nitrogens with zero attached hydrogens (tertiary/aromatic N) is 2. The fourth-order valence-corrected chi connectivity index (χ4v) is 3.89. The highest BCUT2D eigenvalue weighted by Gasteiger charge is 2.39. The van der Waals surface area contributed by atoms with Gasteiger partial charge in [-0.2, -0.15) is 5.26 Å². The Bertz CT molecular complexity index is 508. The van der Waals surface area contributed by atoms with Crippen molar-refractivity contribution in [2.75, 3.05) is 18.6 Å². The van der Waals surface area contributed by atoms with Crippen LogP contribution in [0.1, 0.15) is 19.8 Å². The first-order valence-corrected chi connectivity index (χ1v) is 7.61. The van der Waals surface area contributed by atoms with Crippen molar-refractivity contribution in [1.29, 1.82) is 5.26 Å². The van der Waals surface area contributed by atoms with E-state index in [9.17, 15) is 18.0 Å². The van der Waals surface area contributed by atoms with Gasteiger partial charge in [-0.1, -0.05) is 0 Å². The molecule has 1 aliphatic heterocycles. The second-order valence-corrected chi connectivity index (χ2v) is 6.62. The van der Waals surface area contributed by atoms with E-state index in [-0.39, 0.29) is 17.9 Å². The number of esters is 1. The zero-order valence-electron chi connectivity index (χ0n) is 10.8. The molecular formula is C11H16N2O5S. The van der Waals surface area contributed by atoms with Gasteiger partial charge in [0.15, 0.2) is 9.84 Å². The van der Waals surface area contributed by atoms with E-state index in [1.165, 1.54) is 18.9 Å². The molecule has 1 rings (SSSR count). The smallest absolute Gasteiger partial charge is 0.328 e. The third-order valence-electron chi connectivity index (χ3n) is 3.08. The van der Waals surface area contributed by atoms with Crippen molar-refractivity contribution in [2.45, 2.75) is 31.8 Å². The van der Waals surface area contributed by atoms with Crippen LogP contribution in [-0.4, -0.2) is 55.9 Å². The first kappa shape index (κ1) is 15.4. The maximum atomic E-state index is 11.9. The van der Waals surface area contributed by atoms with Gasteiger partial charge in [-0.05, 0) is 13.3 Å². The van der Waals surface area contributed by atoms with Crippen molar-refractivity contribution in [3.8, 4) is 6.07 Å². The van der Waals surface area contributed by atoms with Crippen molar-refractivity contribution >= 4 is 21.7 Å². The van der Waals surface area contributed by atoms with Crippen molar-refractivity contribution in [1.82, 2.24) is 4.90 Å². The molecule has 0 radical (unpaired) electrons. The number of methoxy groups -OCH3 is 1. The summed E-state index contributed by atoms with van der Waals surface area (Å²) in [5.74, 6) is -1.37. The van der Waals surface area contributed by atoms with E-state index in [4.69, 9.17) is 5.26 Å². The van der Waals surface area contributed by atoms with E-state index in [1.807, 2.05) is 0 Å². The summed E-state index contributed by atoms with van der Waals surface area (Å²) in [6.45, 7) is 1.46. The van der Waals surface area contributed by atoms with Gasteiger partial charge in [-0.15, -0.1) is 0 Å². The minimum atomic E-state index is -3.18. The highest BCUT2D eigenvalue weighted by molar-refractivity contribution is 7.91. The Morgan fingerprint density at radius 2 is 2.16 bits per heavy atom. The van der Waals surface area contributed by atoms with Gasteiger partial charge in [0.1, 0.15) is 12.5 Å². The van der Waals surface area contributed by atoms with Gasteiger partial charge in [0.2, 0.25) is 5.91 Å². The Morgan fingerprint density at radius 1 is 1.53 bits per heavy atom. The Balaban J connectivity index is 2.97. The van der Waals surface area contributed by atoms with E-state index >= 15 is 0 Å². The first-order chi connectivity index (χ1) is 8.82. The van der Waals surface area contributed by atoms with E-state index in [2.05, 4.69) is 4.74 Å². The molecule has 0 spiro atoms. The second kappa shape index (κ2) is 6.02. The Morgan fingerprint density at radius 3 is 2.58 bits per heavy atom. The molecule has 0 aliphatic carbocycles. The molecular weight excluding hydrogens is 272 g/mol. The number of rotatable bonds is 4. The van der Waals surface area contributed by atoms with E-state index in [1.54, 1.807) is 6.07 Å². The van der Waals surface area contributed by atoms with E-state index < -0.39 is 40.2 Å². The summed E-state index contributed by atoms with van der Waals surface area (Å²) in [6.07, 6.45) is -0.112. The van der Waals surface area contributed by atoms with Crippen LogP contribution in [0.2, 0.25) is 0 Å². The number of amides is 1. The van der Waals surface area contributed by atoms with Crippen LogP contribution in [-0.2, 0) is 24.2 Å². The molecule has 0 aromatic heterocycles. The molecule has 0 aromatic rings. The summed E-state index contributed by atoms with van der Waals surface area (Å²) in [7, 11) is -1.99. The van der Waals surface area contributed by atoms with Crippen LogP contribution < -0.4 is 0 Å². The lowest BCUT2D eigenvalue weighted by atomic mass is 10.1. The quantitative estimate of drug-likeness (QED) is 0.644. The molecule has 0 unspecified atom stereocenters. The van der Waals surface area contributed by atoms with Crippen LogP contribution in [0.25, 0.3) is 0 Å². The molecule has 7 nitrogen and oxygen atoms in total. The number of carbonyl (C=O) groups is 2. The Hall–Kier alpha value is -1.62. The third kappa shape index (κ3) is 3.67. The standard InChI is InChI=1S/C11H16N2O5S/c1-8(11(15)18-2)13(10(14)3-5-12)9-4-6-19(16,17)7-9/h8-9H,3-4,6-7H2,1-2H3/t8-,9-/m1/s1. The molecule has 0 N–H and O–H groups in total. The van der Waals surface area contributed by atoms with Gasteiger partial charge in [0.25, 0.3) is 0 Å². The number of sulfone groups is 1. The van der Waals surface area contributed by atoms with Crippen molar-refractivity contribution < 1.29 is 22.7 Å². The SMILES string of the molecule is COC(=O)[C@@H](C)N(C(=O)CC#N)[C@@H]1CCS(=O)(=O)C1. The molecule has 1 saturated heterocycles. The molecule has 106 valence electrons. The fourth-order valence-electron chi connectivity index (χ4n) is 2.17. The monoisotopic (exact) mass is 288 g/mol. The third-order valence-corrected chi connectivity index (χ3v) is 4.83. The largest absolute Gasteiger partial charge is 0.467 e. The molecule has 2 atom stereocenters. The normalized spacial score (nSPS) is 22.3. The maximum absolute atomic E-state index is 11.9. The molecule has 0 bridgehead atoms. The molecule has 0 saturated carbocycles. The van der Waals surface area contributed by atoms with Crippen LogP contribution >= 0.6 is 0 Å². The number of ether oxygens (including phenoxy) is 1. The van der Waals surface area contributed by atoms with Crippen LogP contribution in [0, 0.1) is 11.3 Å². The molecule has 8 heteroatoms. The zero-order chi connectivity index (χ0) is 14.6. The van der Waals surface area contributed by atoms with Crippen LogP contribution in [0.5, 0.6) is 0 Å². The number of nitriles is 1. The highest BCUT2D eigenvalue weighted by Crippen LogP contribution is 2.21. The summed E-state index contributed by atoms with van der Waals surface area (Å²) in [4.78, 5) is 24.6. The minimum absolute atomic E-state index is 0.0120. The molecule has 1 fully saturated rings. The predicted octanol–water partition coefficient (Wildman–Crippen LogP) is -0.523. The van der Waals surface area contributed by atoms with Gasteiger partial charge in [-0.25, -0.2) is 13.2 Å². The minimum Gasteiger partial charge on any atom is -0.467 e. The van der Waals surface area contributed by atoms with Gasteiger partial charge in [0, 0.05) is 6.04 Å². The molecule has 1 heterocycles. The van der Waals surface area contributed by atoms with Crippen LogP contribution in [0.3, 0.4) is 0 Å². The van der Waals surface area contributed by atoms with E-state index in [0.29, 0.717) is 0 Å².